The van der Waals surface area contributed by atoms with Crippen molar-refractivity contribution in [2.75, 3.05) is 18.2 Å². The number of hydrogen-bond acceptors (Lipinski definition) is 6. The van der Waals surface area contributed by atoms with E-state index in [9.17, 15) is 4.79 Å². The number of hydrogen-bond donors (Lipinski definition) is 1. The summed E-state index contributed by atoms with van der Waals surface area (Å²) in [5.41, 5.74) is 1.83. The zero-order chi connectivity index (χ0) is 19.1. The van der Waals surface area contributed by atoms with Crippen LogP contribution in [0.5, 0.6) is 5.75 Å². The fourth-order valence-corrected chi connectivity index (χ4v) is 4.12. The van der Waals surface area contributed by atoms with E-state index in [0.717, 1.165) is 14.9 Å². The zero-order valence-electron chi connectivity index (χ0n) is 15.0. The van der Waals surface area contributed by atoms with Gasteiger partial charge in [-0.1, -0.05) is 53.9 Å². The molecule has 7 heteroatoms. The van der Waals surface area contributed by atoms with Crippen molar-refractivity contribution in [1.82, 2.24) is 9.97 Å². The summed E-state index contributed by atoms with van der Waals surface area (Å²) in [6.07, 6.45) is 3.31. The summed E-state index contributed by atoms with van der Waals surface area (Å²) in [6, 6.07) is 15.4. The minimum absolute atomic E-state index is 0.123. The van der Waals surface area contributed by atoms with Crippen molar-refractivity contribution < 1.29 is 9.53 Å². The third-order valence-corrected chi connectivity index (χ3v) is 5.93. The molecule has 138 valence electrons. The van der Waals surface area contributed by atoms with Gasteiger partial charge in [0.15, 0.2) is 0 Å². The Morgan fingerprint density at radius 1 is 1.04 bits per heavy atom. The second-order valence-electron chi connectivity index (χ2n) is 5.57. The van der Waals surface area contributed by atoms with E-state index in [2.05, 4.69) is 34.3 Å². The average molecular weight is 398 g/mol. The fourth-order valence-electron chi connectivity index (χ4n) is 2.32. The predicted octanol–water partition coefficient (Wildman–Crippen LogP) is 4.68. The van der Waals surface area contributed by atoms with Crippen LogP contribution in [-0.4, -0.2) is 28.7 Å². The number of benzene rings is 2. The number of carbonyl (C=O) groups is 1. The molecule has 2 aromatic carbocycles. The first-order valence-corrected chi connectivity index (χ1v) is 10.1. The Kier molecular flexibility index (Phi) is 6.73. The molecule has 1 aromatic heterocycles. The Balaban J connectivity index is 1.66. The lowest BCUT2D eigenvalue weighted by molar-refractivity contribution is -0.113. The molecule has 0 saturated carbocycles. The molecule has 0 aliphatic carbocycles. The summed E-state index contributed by atoms with van der Waals surface area (Å²) < 4.78 is 5.26. The molecule has 0 radical (unpaired) electrons. The minimum Gasteiger partial charge on any atom is -0.495 e. The molecular weight excluding hydrogens is 378 g/mol. The average Bonchev–Trinajstić information content (AvgIpc) is 2.69. The van der Waals surface area contributed by atoms with Gasteiger partial charge >= 0.3 is 0 Å². The first-order valence-electron chi connectivity index (χ1n) is 8.27. The van der Waals surface area contributed by atoms with Gasteiger partial charge in [-0.15, -0.1) is 0 Å². The highest BCUT2D eigenvalue weighted by molar-refractivity contribution is 8.02. The lowest BCUT2D eigenvalue weighted by atomic mass is 10.2. The number of ether oxygens (including phenoxy) is 1. The van der Waals surface area contributed by atoms with Crippen molar-refractivity contribution in [3.63, 3.8) is 0 Å². The Hall–Kier alpha value is -2.51. The van der Waals surface area contributed by atoms with E-state index in [1.54, 1.807) is 31.3 Å². The summed E-state index contributed by atoms with van der Waals surface area (Å²) in [5.74, 6) is 0.742. The zero-order valence-corrected chi connectivity index (χ0v) is 16.6. The van der Waals surface area contributed by atoms with Gasteiger partial charge in [0.1, 0.15) is 15.8 Å². The molecule has 0 aliphatic heterocycles. The maximum absolute atomic E-state index is 12.3. The summed E-state index contributed by atoms with van der Waals surface area (Å²) in [5, 5.41) is 4.40. The van der Waals surface area contributed by atoms with Gasteiger partial charge in [-0.05, 0) is 30.7 Å². The SMILES string of the molecule is COc1ccccc1NC(=O)CSc1nccnc1Sc1ccccc1C. The van der Waals surface area contributed by atoms with Crippen molar-refractivity contribution in [2.45, 2.75) is 21.9 Å². The van der Waals surface area contributed by atoms with Gasteiger partial charge in [0.25, 0.3) is 0 Å². The first-order chi connectivity index (χ1) is 13.2. The molecule has 1 N–H and O–H groups in total. The van der Waals surface area contributed by atoms with Gasteiger partial charge in [0, 0.05) is 17.3 Å². The third kappa shape index (κ3) is 5.24. The monoisotopic (exact) mass is 397 g/mol. The number of aryl methyl sites for hydroxylation is 1. The Bertz CT molecular complexity index is 934. The second kappa shape index (κ2) is 9.43. The summed E-state index contributed by atoms with van der Waals surface area (Å²) >= 11 is 2.92. The minimum atomic E-state index is -0.123. The highest BCUT2D eigenvalue weighted by atomic mass is 32.2. The van der Waals surface area contributed by atoms with Crippen molar-refractivity contribution in [3.05, 3.63) is 66.5 Å². The standard InChI is InChI=1S/C20H19N3O2S2/c1-14-7-3-6-10-17(14)27-20-19(21-11-12-22-20)26-13-18(24)23-15-8-4-5-9-16(15)25-2/h3-12H,13H2,1-2H3,(H,23,24). The molecule has 3 aromatic rings. The molecule has 5 nitrogen and oxygen atoms in total. The van der Waals surface area contributed by atoms with Crippen LogP contribution in [0.2, 0.25) is 0 Å². The largest absolute Gasteiger partial charge is 0.495 e. The number of anilines is 1. The van der Waals surface area contributed by atoms with Gasteiger partial charge in [-0.25, -0.2) is 9.97 Å². The molecule has 0 aliphatic rings. The number of methoxy groups -OCH3 is 1. The van der Waals surface area contributed by atoms with Crippen LogP contribution < -0.4 is 10.1 Å². The number of para-hydroxylation sites is 2. The van der Waals surface area contributed by atoms with Crippen molar-refractivity contribution in [3.8, 4) is 5.75 Å². The Morgan fingerprint density at radius 2 is 1.74 bits per heavy atom. The quantitative estimate of drug-likeness (QED) is 0.584. The second-order valence-corrected chi connectivity index (χ2v) is 7.57. The van der Waals surface area contributed by atoms with E-state index < -0.39 is 0 Å². The lowest BCUT2D eigenvalue weighted by Crippen LogP contribution is -2.14. The number of thioether (sulfide) groups is 1. The predicted molar refractivity (Wildman–Crippen MR) is 110 cm³/mol. The van der Waals surface area contributed by atoms with Crippen molar-refractivity contribution >= 4 is 35.1 Å². The van der Waals surface area contributed by atoms with E-state index in [0.29, 0.717) is 11.4 Å². The van der Waals surface area contributed by atoms with Gasteiger partial charge in [0.05, 0.1) is 18.6 Å². The van der Waals surface area contributed by atoms with Gasteiger partial charge < -0.3 is 10.1 Å². The first kappa shape index (κ1) is 19.3. The number of amides is 1. The van der Waals surface area contributed by atoms with Crippen LogP contribution in [0.3, 0.4) is 0 Å². The lowest BCUT2D eigenvalue weighted by Gasteiger charge is -2.10. The highest BCUT2D eigenvalue weighted by Crippen LogP contribution is 2.34. The smallest absolute Gasteiger partial charge is 0.234 e. The van der Waals surface area contributed by atoms with Crippen LogP contribution >= 0.6 is 23.5 Å². The number of rotatable bonds is 7. The molecule has 0 unspecified atom stereocenters. The molecule has 1 amide bonds. The van der Waals surface area contributed by atoms with Gasteiger partial charge in [-0.2, -0.15) is 0 Å². The fraction of sp³-hybridized carbons (Fsp3) is 0.150. The van der Waals surface area contributed by atoms with Crippen LogP contribution in [0.1, 0.15) is 5.56 Å². The summed E-state index contributed by atoms with van der Waals surface area (Å²) in [4.78, 5) is 22.3. The van der Waals surface area contributed by atoms with Crippen LogP contribution in [0.15, 0.2) is 75.9 Å². The number of aromatic nitrogens is 2. The van der Waals surface area contributed by atoms with Gasteiger partial charge in [0.2, 0.25) is 5.91 Å². The third-order valence-electron chi connectivity index (χ3n) is 3.65. The molecule has 3 rings (SSSR count). The van der Waals surface area contributed by atoms with E-state index >= 15 is 0 Å². The van der Waals surface area contributed by atoms with Crippen LogP contribution in [0.25, 0.3) is 0 Å². The molecule has 0 atom stereocenters. The molecule has 27 heavy (non-hydrogen) atoms. The molecule has 1 heterocycles. The van der Waals surface area contributed by atoms with E-state index in [1.807, 2.05) is 36.4 Å². The maximum atomic E-state index is 12.3. The van der Waals surface area contributed by atoms with Crippen LogP contribution in [-0.2, 0) is 4.79 Å². The molecule has 0 bridgehead atoms. The molecule has 0 fully saturated rings. The number of nitrogens with zero attached hydrogens (tertiary/aromatic N) is 2. The number of nitrogens with one attached hydrogen (secondary N) is 1. The van der Waals surface area contributed by atoms with Crippen LogP contribution in [0.4, 0.5) is 5.69 Å². The van der Waals surface area contributed by atoms with Crippen molar-refractivity contribution in [2.24, 2.45) is 0 Å². The van der Waals surface area contributed by atoms with E-state index in [-0.39, 0.29) is 11.7 Å². The molecule has 0 spiro atoms. The van der Waals surface area contributed by atoms with Crippen LogP contribution in [0, 0.1) is 6.92 Å². The Morgan fingerprint density at radius 3 is 2.52 bits per heavy atom. The molecular formula is C20H19N3O2S2. The number of carbonyl (C=O) groups excluding carboxylic acids is 1. The molecule has 0 saturated heterocycles. The summed E-state index contributed by atoms with van der Waals surface area (Å²) in [6.45, 7) is 2.06. The van der Waals surface area contributed by atoms with Crippen molar-refractivity contribution in [1.29, 1.82) is 0 Å². The highest BCUT2D eigenvalue weighted by Gasteiger charge is 2.13. The normalized spacial score (nSPS) is 10.4. The summed E-state index contributed by atoms with van der Waals surface area (Å²) in [7, 11) is 1.58. The van der Waals surface area contributed by atoms with E-state index in [4.69, 9.17) is 4.74 Å². The topological polar surface area (TPSA) is 64.1 Å². The van der Waals surface area contributed by atoms with Gasteiger partial charge in [-0.3, -0.25) is 4.79 Å². The van der Waals surface area contributed by atoms with E-state index in [1.165, 1.54) is 17.3 Å². The maximum Gasteiger partial charge on any atom is 0.234 e. The Labute approximate surface area is 167 Å².